The van der Waals surface area contributed by atoms with E-state index in [-0.39, 0.29) is 16.8 Å². The van der Waals surface area contributed by atoms with Gasteiger partial charge >= 0.3 is 12.4 Å². The summed E-state index contributed by atoms with van der Waals surface area (Å²) in [6.07, 6.45) is -9.51. The van der Waals surface area contributed by atoms with Crippen LogP contribution in [0.4, 0.5) is 30.7 Å². The van der Waals surface area contributed by atoms with E-state index < -0.39 is 41.9 Å². The van der Waals surface area contributed by atoms with Crippen LogP contribution in [0.5, 0.6) is 0 Å². The minimum atomic E-state index is -4.83. The number of hydrogen-bond acceptors (Lipinski definition) is 2. The van der Waals surface area contributed by atoms with E-state index in [1.54, 1.807) is 0 Å². The summed E-state index contributed by atoms with van der Waals surface area (Å²) in [4.78, 5) is 15.3. The standard InChI is InChI=1S/C16H11F7N2O/c1-8-11(4-5-13(25-8)16(21,22)23)14(26)24-7-9-2-3-10(17)6-12(9)15(18,19)20/h2-6H,7H2,1H3,(H,24,26). The van der Waals surface area contributed by atoms with Crippen molar-refractivity contribution in [2.24, 2.45) is 0 Å². The zero-order valence-corrected chi connectivity index (χ0v) is 13.1. The van der Waals surface area contributed by atoms with E-state index in [9.17, 15) is 35.5 Å². The van der Waals surface area contributed by atoms with E-state index in [2.05, 4.69) is 10.3 Å². The lowest BCUT2D eigenvalue weighted by molar-refractivity contribution is -0.141. The van der Waals surface area contributed by atoms with E-state index in [1.165, 1.54) is 6.92 Å². The van der Waals surface area contributed by atoms with Gasteiger partial charge in [0.05, 0.1) is 16.8 Å². The van der Waals surface area contributed by atoms with Gasteiger partial charge in [0, 0.05) is 6.54 Å². The van der Waals surface area contributed by atoms with Gasteiger partial charge in [-0.05, 0) is 36.8 Å². The average Bonchev–Trinajstić information content (AvgIpc) is 2.51. The predicted molar refractivity (Wildman–Crippen MR) is 76.5 cm³/mol. The van der Waals surface area contributed by atoms with Gasteiger partial charge in [0.25, 0.3) is 5.91 Å². The zero-order valence-electron chi connectivity index (χ0n) is 13.1. The predicted octanol–water partition coefficient (Wildman–Crippen LogP) is 4.50. The minimum absolute atomic E-state index is 0.214. The Bertz CT molecular complexity index is 828. The first-order chi connectivity index (χ1) is 11.9. The second kappa shape index (κ2) is 6.93. The molecule has 1 aromatic heterocycles. The molecule has 0 saturated carbocycles. The van der Waals surface area contributed by atoms with Crippen LogP contribution in [0, 0.1) is 12.7 Å². The maximum Gasteiger partial charge on any atom is 0.433 e. The van der Waals surface area contributed by atoms with Crippen molar-refractivity contribution in [3.63, 3.8) is 0 Å². The van der Waals surface area contributed by atoms with Crippen LogP contribution in [0.25, 0.3) is 0 Å². The van der Waals surface area contributed by atoms with E-state index in [0.717, 1.165) is 18.2 Å². The van der Waals surface area contributed by atoms with Crippen molar-refractivity contribution >= 4 is 5.91 Å². The highest BCUT2D eigenvalue weighted by molar-refractivity contribution is 5.95. The Morgan fingerprint density at radius 3 is 2.23 bits per heavy atom. The number of halogens is 7. The third-order valence-corrected chi connectivity index (χ3v) is 3.44. The van der Waals surface area contributed by atoms with E-state index in [1.807, 2.05) is 0 Å². The molecular formula is C16H11F7N2O. The smallest absolute Gasteiger partial charge is 0.348 e. The van der Waals surface area contributed by atoms with Crippen molar-refractivity contribution in [1.82, 2.24) is 10.3 Å². The summed E-state index contributed by atoms with van der Waals surface area (Å²) in [7, 11) is 0. The quantitative estimate of drug-likeness (QED) is 0.797. The number of nitrogens with zero attached hydrogens (tertiary/aromatic N) is 1. The van der Waals surface area contributed by atoms with Gasteiger partial charge in [-0.1, -0.05) is 6.07 Å². The van der Waals surface area contributed by atoms with Crippen LogP contribution in [0.1, 0.15) is 32.9 Å². The fourth-order valence-electron chi connectivity index (χ4n) is 2.20. The maximum atomic E-state index is 13.0. The Morgan fingerprint density at radius 1 is 1.04 bits per heavy atom. The first kappa shape index (κ1) is 19.7. The van der Waals surface area contributed by atoms with Crippen molar-refractivity contribution < 1.29 is 35.5 Å². The third-order valence-electron chi connectivity index (χ3n) is 3.44. The van der Waals surface area contributed by atoms with Crippen molar-refractivity contribution in [2.45, 2.75) is 25.8 Å². The zero-order chi connectivity index (χ0) is 19.7. The number of aromatic nitrogens is 1. The Balaban J connectivity index is 2.20. The molecule has 0 spiro atoms. The highest BCUT2D eigenvalue weighted by atomic mass is 19.4. The number of rotatable bonds is 3. The van der Waals surface area contributed by atoms with Crippen LogP contribution in [-0.2, 0) is 18.9 Å². The van der Waals surface area contributed by atoms with Gasteiger partial charge in [0.15, 0.2) is 0 Å². The Labute approximate surface area is 142 Å². The lowest BCUT2D eigenvalue weighted by atomic mass is 10.1. The second-order valence-corrected chi connectivity index (χ2v) is 5.31. The van der Waals surface area contributed by atoms with Crippen molar-refractivity contribution in [3.8, 4) is 0 Å². The molecule has 1 N–H and O–H groups in total. The van der Waals surface area contributed by atoms with E-state index in [0.29, 0.717) is 12.1 Å². The number of hydrogen-bond donors (Lipinski definition) is 1. The molecule has 1 amide bonds. The molecule has 10 heteroatoms. The Kier molecular flexibility index (Phi) is 5.24. The summed E-state index contributed by atoms with van der Waals surface area (Å²) in [5.74, 6) is -1.99. The van der Waals surface area contributed by atoms with Gasteiger partial charge in [0.1, 0.15) is 11.5 Å². The van der Waals surface area contributed by atoms with Crippen molar-refractivity contribution in [2.75, 3.05) is 0 Å². The first-order valence-corrected chi connectivity index (χ1v) is 7.08. The summed E-state index contributed by atoms with van der Waals surface area (Å²) in [5, 5.41) is 2.16. The van der Waals surface area contributed by atoms with Crippen LogP contribution in [0.3, 0.4) is 0 Å². The second-order valence-electron chi connectivity index (χ2n) is 5.31. The number of nitrogens with one attached hydrogen (secondary N) is 1. The monoisotopic (exact) mass is 380 g/mol. The molecule has 0 unspecified atom stereocenters. The number of aryl methyl sites for hydroxylation is 1. The number of pyridine rings is 1. The molecule has 0 aliphatic rings. The van der Waals surface area contributed by atoms with Crippen molar-refractivity contribution in [3.05, 3.63) is 64.2 Å². The van der Waals surface area contributed by atoms with Crippen molar-refractivity contribution in [1.29, 1.82) is 0 Å². The van der Waals surface area contributed by atoms with Crippen LogP contribution < -0.4 is 5.32 Å². The number of alkyl halides is 6. The van der Waals surface area contributed by atoms with Gasteiger partial charge in [0.2, 0.25) is 0 Å². The van der Waals surface area contributed by atoms with Crippen LogP contribution in [0.15, 0.2) is 30.3 Å². The maximum absolute atomic E-state index is 13.0. The highest BCUT2D eigenvalue weighted by Crippen LogP contribution is 2.32. The molecule has 0 bridgehead atoms. The molecule has 0 radical (unpaired) electrons. The van der Waals surface area contributed by atoms with Gasteiger partial charge in [-0.15, -0.1) is 0 Å². The van der Waals surface area contributed by atoms with Crippen LogP contribution in [0.2, 0.25) is 0 Å². The summed E-state index contributed by atoms with van der Waals surface area (Å²) in [5.41, 5.74) is -3.27. The molecule has 140 valence electrons. The molecule has 0 aliphatic heterocycles. The molecule has 0 atom stereocenters. The van der Waals surface area contributed by atoms with Gasteiger partial charge in [-0.25, -0.2) is 9.37 Å². The fourth-order valence-corrected chi connectivity index (χ4v) is 2.20. The molecule has 2 aromatic rings. The van der Waals surface area contributed by atoms with Gasteiger partial charge in [-0.2, -0.15) is 26.3 Å². The average molecular weight is 380 g/mol. The molecule has 1 aromatic carbocycles. The lowest BCUT2D eigenvalue weighted by Gasteiger charge is -2.14. The fraction of sp³-hybridized carbons (Fsp3) is 0.250. The molecule has 0 saturated heterocycles. The molecule has 26 heavy (non-hydrogen) atoms. The SMILES string of the molecule is Cc1nc(C(F)(F)F)ccc1C(=O)NCc1ccc(F)cc1C(F)(F)F. The number of benzene rings is 1. The number of carbonyl (C=O) groups is 1. The molecule has 3 nitrogen and oxygen atoms in total. The summed E-state index contributed by atoms with van der Waals surface area (Å²) in [6.45, 7) is 0.581. The summed E-state index contributed by atoms with van der Waals surface area (Å²) in [6, 6.07) is 3.46. The number of carbonyl (C=O) groups excluding carboxylic acids is 1. The molecule has 0 aliphatic carbocycles. The van der Waals surface area contributed by atoms with Gasteiger partial charge < -0.3 is 5.32 Å². The summed E-state index contributed by atoms with van der Waals surface area (Å²) < 4.78 is 89.4. The highest BCUT2D eigenvalue weighted by Gasteiger charge is 2.34. The van der Waals surface area contributed by atoms with E-state index >= 15 is 0 Å². The topological polar surface area (TPSA) is 42.0 Å². The summed E-state index contributed by atoms with van der Waals surface area (Å²) >= 11 is 0. The third kappa shape index (κ3) is 4.50. The lowest BCUT2D eigenvalue weighted by Crippen LogP contribution is -2.26. The van der Waals surface area contributed by atoms with Crippen LogP contribution >= 0.6 is 0 Å². The number of amides is 1. The Morgan fingerprint density at radius 2 is 1.69 bits per heavy atom. The normalized spacial score (nSPS) is 12.2. The molecular weight excluding hydrogens is 369 g/mol. The van der Waals surface area contributed by atoms with E-state index in [4.69, 9.17) is 0 Å². The first-order valence-electron chi connectivity index (χ1n) is 7.08. The molecule has 1 heterocycles. The largest absolute Gasteiger partial charge is 0.433 e. The Hall–Kier alpha value is -2.65. The molecule has 2 rings (SSSR count). The molecule has 0 fully saturated rings. The minimum Gasteiger partial charge on any atom is -0.348 e. The van der Waals surface area contributed by atoms with Gasteiger partial charge in [-0.3, -0.25) is 4.79 Å². The van der Waals surface area contributed by atoms with Crippen LogP contribution in [-0.4, -0.2) is 10.9 Å².